The summed E-state index contributed by atoms with van der Waals surface area (Å²) in [6.07, 6.45) is 8.61. The average Bonchev–Trinajstić information content (AvgIpc) is 3.60. The van der Waals surface area contributed by atoms with Crippen molar-refractivity contribution in [2.45, 2.75) is 58.3 Å². The molecule has 1 atom stereocenters. The average molecular weight is 421 g/mol. The lowest BCUT2D eigenvalue weighted by Gasteiger charge is -2.34. The van der Waals surface area contributed by atoms with Gasteiger partial charge < -0.3 is 4.90 Å². The van der Waals surface area contributed by atoms with Gasteiger partial charge in [-0.1, -0.05) is 0 Å². The predicted octanol–water partition coefficient (Wildman–Crippen LogP) is 2.59. The molecule has 8 heteroatoms. The van der Waals surface area contributed by atoms with Crippen LogP contribution in [0.5, 0.6) is 0 Å². The second-order valence-electron chi connectivity index (χ2n) is 9.05. The van der Waals surface area contributed by atoms with Gasteiger partial charge in [0.15, 0.2) is 0 Å². The molecule has 2 aromatic rings. The van der Waals surface area contributed by atoms with Crippen LogP contribution < -0.4 is 4.90 Å². The molecule has 8 nitrogen and oxygen atoms in total. The monoisotopic (exact) mass is 420 g/mol. The summed E-state index contributed by atoms with van der Waals surface area (Å²) in [7, 11) is 0. The first-order valence-electron chi connectivity index (χ1n) is 11.3. The van der Waals surface area contributed by atoms with E-state index < -0.39 is 0 Å². The summed E-state index contributed by atoms with van der Waals surface area (Å²) in [5, 5.41) is 0. The summed E-state index contributed by atoms with van der Waals surface area (Å²) in [6.45, 7) is 5.89. The molecule has 4 heterocycles. The fourth-order valence-electron chi connectivity index (χ4n) is 4.57. The third kappa shape index (κ3) is 4.03. The van der Waals surface area contributed by atoms with Crippen molar-refractivity contribution in [2.75, 3.05) is 24.5 Å². The van der Waals surface area contributed by atoms with E-state index in [-0.39, 0.29) is 17.7 Å². The summed E-state index contributed by atoms with van der Waals surface area (Å²) in [5.74, 6) is 2.28. The first-order valence-corrected chi connectivity index (χ1v) is 11.3. The minimum Gasteiger partial charge on any atom is -0.337 e. The van der Waals surface area contributed by atoms with Gasteiger partial charge in [0.1, 0.15) is 17.3 Å². The van der Waals surface area contributed by atoms with Crippen molar-refractivity contribution in [3.63, 3.8) is 0 Å². The van der Waals surface area contributed by atoms with Crippen molar-refractivity contribution in [3.05, 3.63) is 40.9 Å². The van der Waals surface area contributed by atoms with Crippen molar-refractivity contribution < 1.29 is 9.59 Å². The number of anilines is 1. The smallest absolute Gasteiger partial charge is 0.274 e. The molecule has 2 fully saturated rings. The van der Waals surface area contributed by atoms with Crippen LogP contribution in [0.2, 0.25) is 0 Å². The van der Waals surface area contributed by atoms with Crippen molar-refractivity contribution >= 4 is 17.6 Å². The van der Waals surface area contributed by atoms with Gasteiger partial charge in [-0.25, -0.2) is 15.0 Å². The molecule has 0 unspecified atom stereocenters. The molecule has 3 aliphatic rings. The molecular weight excluding hydrogens is 392 g/mol. The number of amides is 2. The van der Waals surface area contributed by atoms with Crippen molar-refractivity contribution in [1.29, 1.82) is 0 Å². The lowest BCUT2D eigenvalue weighted by atomic mass is 9.95. The van der Waals surface area contributed by atoms with E-state index in [1.807, 2.05) is 23.6 Å². The van der Waals surface area contributed by atoms with E-state index in [4.69, 9.17) is 9.97 Å². The first kappa shape index (κ1) is 20.0. The van der Waals surface area contributed by atoms with E-state index >= 15 is 0 Å². The van der Waals surface area contributed by atoms with E-state index in [0.717, 1.165) is 48.0 Å². The Morgan fingerprint density at radius 1 is 1.10 bits per heavy atom. The van der Waals surface area contributed by atoms with Crippen LogP contribution in [0.3, 0.4) is 0 Å². The zero-order valence-corrected chi connectivity index (χ0v) is 18.2. The number of carbonyl (C=O) groups excluding carboxylic acids is 2. The fourth-order valence-corrected chi connectivity index (χ4v) is 4.57. The highest BCUT2D eigenvalue weighted by atomic mass is 16.2. The Labute approximate surface area is 182 Å². The van der Waals surface area contributed by atoms with Crippen molar-refractivity contribution in [2.24, 2.45) is 5.92 Å². The molecule has 1 aliphatic carbocycles. The van der Waals surface area contributed by atoms with Crippen LogP contribution in [0.25, 0.3) is 0 Å². The normalized spacial score (nSPS) is 21.2. The SMILES string of the molecule is Cc1cnc(C(=O)N2CCC[C@@H](c3nc(C)c4c(n3)N(CC3CC3)C(=O)CC4)C2)cn1. The van der Waals surface area contributed by atoms with Gasteiger partial charge in [0.2, 0.25) is 5.91 Å². The van der Waals surface area contributed by atoms with Crippen LogP contribution >= 0.6 is 0 Å². The second kappa shape index (κ2) is 7.98. The van der Waals surface area contributed by atoms with Gasteiger partial charge in [-0.3, -0.25) is 19.5 Å². The number of piperidine rings is 1. The summed E-state index contributed by atoms with van der Waals surface area (Å²) in [4.78, 5) is 47.5. The lowest BCUT2D eigenvalue weighted by molar-refractivity contribution is -0.119. The number of aryl methyl sites for hydroxylation is 2. The van der Waals surface area contributed by atoms with Crippen LogP contribution in [0.1, 0.15) is 71.3 Å². The van der Waals surface area contributed by atoms with Gasteiger partial charge in [0, 0.05) is 49.4 Å². The van der Waals surface area contributed by atoms with E-state index in [1.54, 1.807) is 12.4 Å². The molecule has 162 valence electrons. The van der Waals surface area contributed by atoms with Crippen molar-refractivity contribution in [3.8, 4) is 0 Å². The number of fused-ring (bicyclic) bond motifs is 1. The zero-order valence-electron chi connectivity index (χ0n) is 18.2. The number of carbonyl (C=O) groups is 2. The highest BCUT2D eigenvalue weighted by molar-refractivity contribution is 5.95. The standard InChI is InChI=1S/C23H28N6O2/c1-14-10-25-19(11-24-14)23(31)28-9-3-4-17(13-28)21-26-15(2)18-7-8-20(30)29(22(18)27-21)12-16-5-6-16/h10-11,16-17H,3-9,12-13H2,1-2H3/t17-/m1/s1. The van der Waals surface area contributed by atoms with Crippen LogP contribution in [-0.2, 0) is 11.2 Å². The van der Waals surface area contributed by atoms with E-state index in [0.29, 0.717) is 37.5 Å². The number of hydrogen-bond acceptors (Lipinski definition) is 6. The Morgan fingerprint density at radius 2 is 1.94 bits per heavy atom. The minimum atomic E-state index is -0.0996. The second-order valence-corrected chi connectivity index (χ2v) is 9.05. The largest absolute Gasteiger partial charge is 0.337 e. The number of aromatic nitrogens is 4. The fraction of sp³-hybridized carbons (Fsp3) is 0.565. The number of hydrogen-bond donors (Lipinski definition) is 0. The van der Waals surface area contributed by atoms with Gasteiger partial charge >= 0.3 is 0 Å². The molecule has 31 heavy (non-hydrogen) atoms. The quantitative estimate of drug-likeness (QED) is 0.755. The highest BCUT2D eigenvalue weighted by Gasteiger charge is 2.35. The molecule has 1 saturated heterocycles. The number of likely N-dealkylation sites (tertiary alicyclic amines) is 1. The number of nitrogens with zero attached hydrogens (tertiary/aromatic N) is 6. The predicted molar refractivity (Wildman–Crippen MR) is 115 cm³/mol. The van der Waals surface area contributed by atoms with Gasteiger partial charge in [0.05, 0.1) is 11.9 Å². The molecule has 0 bridgehead atoms. The van der Waals surface area contributed by atoms with E-state index in [9.17, 15) is 9.59 Å². The molecule has 0 N–H and O–H groups in total. The summed E-state index contributed by atoms with van der Waals surface area (Å²) in [6, 6.07) is 0. The molecule has 2 aliphatic heterocycles. The Bertz CT molecular complexity index is 1020. The molecule has 1 saturated carbocycles. The molecule has 2 amide bonds. The topological polar surface area (TPSA) is 92.2 Å². The van der Waals surface area contributed by atoms with Crippen LogP contribution in [-0.4, -0.2) is 56.3 Å². The maximum Gasteiger partial charge on any atom is 0.274 e. The third-order valence-electron chi connectivity index (χ3n) is 6.57. The Morgan fingerprint density at radius 3 is 2.68 bits per heavy atom. The molecular formula is C23H28N6O2. The molecule has 0 spiro atoms. The highest BCUT2D eigenvalue weighted by Crippen LogP contribution is 2.36. The molecule has 0 radical (unpaired) electrons. The Kier molecular flexibility index (Phi) is 5.16. The molecule has 5 rings (SSSR count). The summed E-state index contributed by atoms with van der Waals surface area (Å²) >= 11 is 0. The summed E-state index contributed by atoms with van der Waals surface area (Å²) in [5.41, 5.74) is 3.22. The van der Waals surface area contributed by atoms with Gasteiger partial charge in [0.25, 0.3) is 5.91 Å². The zero-order chi connectivity index (χ0) is 21.5. The van der Waals surface area contributed by atoms with Crippen molar-refractivity contribution in [1.82, 2.24) is 24.8 Å². The van der Waals surface area contributed by atoms with Gasteiger partial charge in [-0.15, -0.1) is 0 Å². The lowest BCUT2D eigenvalue weighted by Crippen LogP contribution is -2.41. The van der Waals surface area contributed by atoms with Crippen LogP contribution in [0.4, 0.5) is 5.82 Å². The maximum atomic E-state index is 12.9. The third-order valence-corrected chi connectivity index (χ3v) is 6.57. The van der Waals surface area contributed by atoms with E-state index in [2.05, 4.69) is 9.97 Å². The van der Waals surface area contributed by atoms with Crippen LogP contribution in [0, 0.1) is 19.8 Å². The van der Waals surface area contributed by atoms with E-state index in [1.165, 1.54) is 12.8 Å². The number of rotatable bonds is 4. The minimum absolute atomic E-state index is 0.0555. The van der Waals surface area contributed by atoms with Gasteiger partial charge in [-0.2, -0.15) is 0 Å². The Hall–Kier alpha value is -2.90. The van der Waals surface area contributed by atoms with Gasteiger partial charge in [-0.05, 0) is 51.9 Å². The molecule has 2 aromatic heterocycles. The summed E-state index contributed by atoms with van der Waals surface area (Å²) < 4.78 is 0. The Balaban J connectivity index is 1.40. The first-order chi connectivity index (χ1) is 15.0. The molecule has 0 aromatic carbocycles. The maximum absolute atomic E-state index is 12.9. The van der Waals surface area contributed by atoms with Crippen LogP contribution in [0.15, 0.2) is 12.4 Å².